The third-order valence-corrected chi connectivity index (χ3v) is 3.49. The fraction of sp³-hybridized carbons (Fsp3) is 0.824. The second-order valence-corrected chi connectivity index (χ2v) is 5.49. The molecular formula is C17H33NO2. The van der Waals surface area contributed by atoms with Crippen LogP contribution in [0.25, 0.3) is 0 Å². The number of hydrogen-bond donors (Lipinski definition) is 1. The van der Waals surface area contributed by atoms with E-state index in [1.54, 1.807) is 0 Å². The van der Waals surface area contributed by atoms with Gasteiger partial charge in [0.15, 0.2) is 6.23 Å². The highest BCUT2D eigenvalue weighted by Crippen LogP contribution is 2.12. The lowest BCUT2D eigenvalue weighted by atomic mass is 10.0. The Kier molecular flexibility index (Phi) is 12.6. The molecule has 3 nitrogen and oxygen atoms in total. The van der Waals surface area contributed by atoms with Crippen molar-refractivity contribution >= 4 is 5.97 Å². The molecule has 0 spiro atoms. The number of esters is 1. The van der Waals surface area contributed by atoms with Gasteiger partial charge in [0.25, 0.3) is 0 Å². The van der Waals surface area contributed by atoms with Gasteiger partial charge in [0, 0.05) is 12.1 Å². The van der Waals surface area contributed by atoms with Gasteiger partial charge in [-0.25, -0.2) is 4.79 Å². The number of rotatable bonds is 13. The molecule has 0 bridgehead atoms. The van der Waals surface area contributed by atoms with E-state index >= 15 is 0 Å². The fourth-order valence-corrected chi connectivity index (χ4v) is 2.34. The number of hydrogen-bond acceptors (Lipinski definition) is 3. The average Bonchev–Trinajstić information content (AvgIpc) is 2.43. The number of ether oxygens (including phenoxy) is 1. The van der Waals surface area contributed by atoms with Crippen molar-refractivity contribution < 1.29 is 9.53 Å². The molecule has 0 aliphatic heterocycles. The Balaban J connectivity index is 3.99. The number of nitrogens with one attached hydrogen (secondary N) is 1. The van der Waals surface area contributed by atoms with E-state index < -0.39 is 0 Å². The first-order valence-electron chi connectivity index (χ1n) is 8.23. The molecule has 0 aromatic rings. The lowest BCUT2D eigenvalue weighted by Crippen LogP contribution is -2.39. The summed E-state index contributed by atoms with van der Waals surface area (Å²) in [4.78, 5) is 11.2. The minimum Gasteiger partial charge on any atom is -0.444 e. The number of unbranched alkanes of at least 4 members (excludes halogenated alkanes) is 5. The summed E-state index contributed by atoms with van der Waals surface area (Å²) in [5.74, 6) is -0.359. The largest absolute Gasteiger partial charge is 0.444 e. The number of carbonyl (C=O) groups excluding carboxylic acids is 1. The summed E-state index contributed by atoms with van der Waals surface area (Å²) in [6, 6.07) is 0.448. The Hall–Kier alpha value is -0.830. The quantitative estimate of drug-likeness (QED) is 0.233. The molecule has 0 saturated heterocycles. The van der Waals surface area contributed by atoms with Crippen molar-refractivity contribution in [3.63, 3.8) is 0 Å². The summed E-state index contributed by atoms with van der Waals surface area (Å²) in [7, 11) is 0. The Morgan fingerprint density at radius 3 is 2.30 bits per heavy atom. The predicted octanol–water partition coefficient (Wildman–Crippen LogP) is 4.57. The van der Waals surface area contributed by atoms with Crippen LogP contribution in [0, 0.1) is 0 Å². The highest BCUT2D eigenvalue weighted by molar-refractivity contribution is 5.81. The maximum atomic E-state index is 11.2. The fourth-order valence-electron chi connectivity index (χ4n) is 2.34. The van der Waals surface area contributed by atoms with Crippen LogP contribution in [-0.4, -0.2) is 18.2 Å². The molecule has 0 saturated carbocycles. The zero-order chi connectivity index (χ0) is 15.2. The lowest BCUT2D eigenvalue weighted by molar-refractivity contribution is -0.144. The van der Waals surface area contributed by atoms with Crippen LogP contribution < -0.4 is 5.32 Å². The summed E-state index contributed by atoms with van der Waals surface area (Å²) in [6.07, 6.45) is 12.2. The van der Waals surface area contributed by atoms with E-state index in [4.69, 9.17) is 4.74 Å². The maximum absolute atomic E-state index is 11.2. The van der Waals surface area contributed by atoms with Crippen molar-refractivity contribution in [2.24, 2.45) is 0 Å². The van der Waals surface area contributed by atoms with E-state index in [-0.39, 0.29) is 12.2 Å². The average molecular weight is 283 g/mol. The normalized spacial score (nSPS) is 13.8. The molecule has 3 heteroatoms. The van der Waals surface area contributed by atoms with Gasteiger partial charge >= 0.3 is 5.97 Å². The van der Waals surface area contributed by atoms with Crippen LogP contribution in [-0.2, 0) is 9.53 Å². The summed E-state index contributed by atoms with van der Waals surface area (Å²) in [6.45, 7) is 9.75. The third kappa shape index (κ3) is 11.0. The van der Waals surface area contributed by atoms with Crippen molar-refractivity contribution in [3.8, 4) is 0 Å². The van der Waals surface area contributed by atoms with E-state index in [2.05, 4.69) is 25.7 Å². The maximum Gasteiger partial charge on any atom is 0.331 e. The zero-order valence-corrected chi connectivity index (χ0v) is 13.6. The van der Waals surface area contributed by atoms with Crippen LogP contribution in [0.2, 0.25) is 0 Å². The Labute approximate surface area is 125 Å². The summed E-state index contributed by atoms with van der Waals surface area (Å²) < 4.78 is 5.19. The molecular weight excluding hydrogens is 250 g/mol. The van der Waals surface area contributed by atoms with E-state index in [9.17, 15) is 4.79 Å². The van der Waals surface area contributed by atoms with Crippen LogP contribution in [0.4, 0.5) is 0 Å². The highest BCUT2D eigenvalue weighted by atomic mass is 16.6. The van der Waals surface area contributed by atoms with Crippen LogP contribution in [0.15, 0.2) is 12.7 Å². The zero-order valence-electron chi connectivity index (χ0n) is 13.6. The molecule has 2 atom stereocenters. The molecule has 0 amide bonds. The standard InChI is InChI=1S/C17H33NO2/c1-5-8-10-11-12-14-16(13-9-6-2)18-15(4)20-17(19)7-3/h7,15-16,18H,3,5-6,8-14H2,1-2,4H3. The van der Waals surface area contributed by atoms with Crippen LogP contribution >= 0.6 is 0 Å². The molecule has 0 radical (unpaired) electrons. The van der Waals surface area contributed by atoms with Gasteiger partial charge in [-0.15, -0.1) is 0 Å². The van der Waals surface area contributed by atoms with Crippen LogP contribution in [0.5, 0.6) is 0 Å². The molecule has 118 valence electrons. The predicted molar refractivity (Wildman–Crippen MR) is 85.6 cm³/mol. The topological polar surface area (TPSA) is 38.3 Å². The lowest BCUT2D eigenvalue weighted by Gasteiger charge is -2.23. The van der Waals surface area contributed by atoms with E-state index in [1.807, 2.05) is 6.92 Å². The van der Waals surface area contributed by atoms with Gasteiger partial charge in [-0.2, -0.15) is 0 Å². The second kappa shape index (κ2) is 13.2. The second-order valence-electron chi connectivity index (χ2n) is 5.49. The highest BCUT2D eigenvalue weighted by Gasteiger charge is 2.13. The van der Waals surface area contributed by atoms with Gasteiger partial charge < -0.3 is 4.74 Å². The Bertz CT molecular complexity index is 253. The molecule has 1 N–H and O–H groups in total. The summed E-state index contributed by atoms with van der Waals surface area (Å²) in [5, 5.41) is 3.42. The van der Waals surface area contributed by atoms with Crippen LogP contribution in [0.3, 0.4) is 0 Å². The number of carbonyl (C=O) groups is 1. The molecule has 0 aliphatic carbocycles. The molecule has 20 heavy (non-hydrogen) atoms. The summed E-state index contributed by atoms with van der Waals surface area (Å²) in [5.41, 5.74) is 0. The smallest absolute Gasteiger partial charge is 0.331 e. The molecule has 0 aromatic carbocycles. The van der Waals surface area contributed by atoms with E-state index in [0.29, 0.717) is 6.04 Å². The third-order valence-electron chi connectivity index (χ3n) is 3.49. The molecule has 2 unspecified atom stereocenters. The van der Waals surface area contributed by atoms with Crippen molar-refractivity contribution in [3.05, 3.63) is 12.7 Å². The van der Waals surface area contributed by atoms with Crippen molar-refractivity contribution in [2.75, 3.05) is 0 Å². The molecule has 0 heterocycles. The first kappa shape index (κ1) is 19.2. The Morgan fingerprint density at radius 1 is 1.10 bits per heavy atom. The minimum absolute atomic E-state index is 0.238. The molecule has 0 aliphatic rings. The first-order valence-corrected chi connectivity index (χ1v) is 8.23. The minimum atomic E-state index is -0.359. The van der Waals surface area contributed by atoms with Gasteiger partial charge in [0.05, 0.1) is 0 Å². The Morgan fingerprint density at radius 2 is 1.70 bits per heavy atom. The molecule has 0 fully saturated rings. The van der Waals surface area contributed by atoms with Crippen molar-refractivity contribution in [1.29, 1.82) is 0 Å². The molecule has 0 aromatic heterocycles. The van der Waals surface area contributed by atoms with Crippen LogP contribution in [0.1, 0.15) is 78.6 Å². The van der Waals surface area contributed by atoms with Gasteiger partial charge in [-0.05, 0) is 19.8 Å². The summed E-state index contributed by atoms with van der Waals surface area (Å²) >= 11 is 0. The van der Waals surface area contributed by atoms with Gasteiger partial charge in [-0.3, -0.25) is 5.32 Å². The van der Waals surface area contributed by atoms with E-state index in [0.717, 1.165) is 6.42 Å². The van der Waals surface area contributed by atoms with Gasteiger partial charge in [0.2, 0.25) is 0 Å². The van der Waals surface area contributed by atoms with Gasteiger partial charge in [0.1, 0.15) is 0 Å². The molecule has 0 rings (SSSR count). The SMILES string of the molecule is C=CC(=O)OC(C)NC(CCCC)CCCCCCC. The van der Waals surface area contributed by atoms with E-state index in [1.165, 1.54) is 57.4 Å². The van der Waals surface area contributed by atoms with Gasteiger partial charge in [-0.1, -0.05) is 65.4 Å². The van der Waals surface area contributed by atoms with Crippen molar-refractivity contribution in [2.45, 2.75) is 90.8 Å². The monoisotopic (exact) mass is 283 g/mol. The van der Waals surface area contributed by atoms with Crippen molar-refractivity contribution in [1.82, 2.24) is 5.32 Å². The first-order chi connectivity index (χ1) is 9.63.